The molecule has 0 aliphatic carbocycles. The van der Waals surface area contributed by atoms with Crippen molar-refractivity contribution in [3.8, 4) is 11.3 Å². The highest BCUT2D eigenvalue weighted by Crippen LogP contribution is 2.26. The molecular formula is C15H14FNO3. The highest BCUT2D eigenvalue weighted by Gasteiger charge is 2.32. The van der Waals surface area contributed by atoms with Gasteiger partial charge in [-0.3, -0.25) is 9.69 Å². The van der Waals surface area contributed by atoms with Crippen LogP contribution in [0.25, 0.3) is 11.3 Å². The van der Waals surface area contributed by atoms with Gasteiger partial charge in [-0.25, -0.2) is 4.39 Å². The normalized spacial score (nSPS) is 16.1. The second kappa shape index (κ2) is 5.09. The van der Waals surface area contributed by atoms with Gasteiger partial charge < -0.3 is 9.52 Å². The Morgan fingerprint density at radius 2 is 2.05 bits per heavy atom. The van der Waals surface area contributed by atoms with E-state index >= 15 is 0 Å². The molecule has 4 nitrogen and oxygen atoms in total. The molecule has 1 aromatic heterocycles. The summed E-state index contributed by atoms with van der Waals surface area (Å²) in [4.78, 5) is 12.7. The smallest absolute Gasteiger partial charge is 0.309 e. The van der Waals surface area contributed by atoms with Crippen molar-refractivity contribution < 1.29 is 18.7 Å². The third kappa shape index (κ3) is 2.44. The van der Waals surface area contributed by atoms with Crippen LogP contribution in [0.15, 0.2) is 40.8 Å². The van der Waals surface area contributed by atoms with Crippen molar-refractivity contribution in [2.24, 2.45) is 5.92 Å². The van der Waals surface area contributed by atoms with Gasteiger partial charge in [0.2, 0.25) is 0 Å². The highest BCUT2D eigenvalue weighted by molar-refractivity contribution is 5.71. The van der Waals surface area contributed by atoms with Gasteiger partial charge in [0.05, 0.1) is 18.0 Å². The van der Waals surface area contributed by atoms with E-state index in [0.717, 1.165) is 0 Å². The molecule has 2 aromatic rings. The Hall–Kier alpha value is -2.14. The molecule has 3 rings (SSSR count). The number of benzene rings is 1. The third-order valence-electron chi connectivity index (χ3n) is 3.49. The molecule has 1 saturated heterocycles. The lowest BCUT2D eigenvalue weighted by atomic mass is 10.0. The molecule has 0 unspecified atom stereocenters. The Balaban J connectivity index is 1.66. The van der Waals surface area contributed by atoms with Crippen LogP contribution in [0.1, 0.15) is 5.76 Å². The summed E-state index contributed by atoms with van der Waals surface area (Å²) in [7, 11) is 0. The Bertz CT molecular complexity index is 632. The molecule has 0 bridgehead atoms. The number of likely N-dealkylation sites (tertiary alicyclic amines) is 1. The standard InChI is InChI=1S/C15H14FNO3/c16-13-4-2-1-3-12(13)14-6-5-11(20-14)9-17-7-10(8-17)15(18)19/h1-6,10H,7-9H2,(H,18,19). The molecule has 1 fully saturated rings. The highest BCUT2D eigenvalue weighted by atomic mass is 19.1. The quantitative estimate of drug-likeness (QED) is 0.932. The van der Waals surface area contributed by atoms with Crippen molar-refractivity contribution in [3.63, 3.8) is 0 Å². The van der Waals surface area contributed by atoms with Crippen LogP contribution in [0, 0.1) is 11.7 Å². The summed E-state index contributed by atoms with van der Waals surface area (Å²) in [6.07, 6.45) is 0. The van der Waals surface area contributed by atoms with Gasteiger partial charge in [-0.2, -0.15) is 0 Å². The van der Waals surface area contributed by atoms with E-state index in [-0.39, 0.29) is 11.7 Å². The maximum atomic E-state index is 13.6. The zero-order valence-electron chi connectivity index (χ0n) is 10.8. The van der Waals surface area contributed by atoms with Gasteiger partial charge in [-0.05, 0) is 24.3 Å². The topological polar surface area (TPSA) is 53.7 Å². The van der Waals surface area contributed by atoms with Gasteiger partial charge in [-0.1, -0.05) is 12.1 Å². The van der Waals surface area contributed by atoms with Crippen LogP contribution in [0.3, 0.4) is 0 Å². The van der Waals surface area contributed by atoms with E-state index in [1.54, 1.807) is 30.3 Å². The first-order chi connectivity index (χ1) is 9.63. The largest absolute Gasteiger partial charge is 0.481 e. The van der Waals surface area contributed by atoms with Crippen LogP contribution in [0.4, 0.5) is 4.39 Å². The fourth-order valence-corrected chi connectivity index (χ4v) is 2.34. The monoisotopic (exact) mass is 275 g/mol. The fourth-order valence-electron chi connectivity index (χ4n) is 2.34. The molecular weight excluding hydrogens is 261 g/mol. The van der Waals surface area contributed by atoms with Gasteiger partial charge >= 0.3 is 5.97 Å². The third-order valence-corrected chi connectivity index (χ3v) is 3.49. The second-order valence-electron chi connectivity index (χ2n) is 4.98. The van der Waals surface area contributed by atoms with Crippen LogP contribution in [0.5, 0.6) is 0 Å². The summed E-state index contributed by atoms with van der Waals surface area (Å²) in [6.45, 7) is 1.62. The number of furan rings is 1. The van der Waals surface area contributed by atoms with Crippen LogP contribution in [-0.4, -0.2) is 29.1 Å². The van der Waals surface area contributed by atoms with Crippen molar-refractivity contribution in [2.75, 3.05) is 13.1 Å². The first-order valence-electron chi connectivity index (χ1n) is 6.42. The summed E-state index contributed by atoms with van der Waals surface area (Å²) in [5.41, 5.74) is 0.436. The van der Waals surface area contributed by atoms with Gasteiger partial charge in [0.25, 0.3) is 0 Å². The van der Waals surface area contributed by atoms with E-state index in [2.05, 4.69) is 0 Å². The average Bonchev–Trinajstić information content (AvgIpc) is 2.81. The van der Waals surface area contributed by atoms with E-state index in [1.807, 2.05) is 4.90 Å². The number of halogens is 1. The van der Waals surface area contributed by atoms with E-state index in [9.17, 15) is 9.18 Å². The van der Waals surface area contributed by atoms with Gasteiger partial charge in [0.1, 0.15) is 17.3 Å². The first-order valence-corrected chi connectivity index (χ1v) is 6.42. The van der Waals surface area contributed by atoms with Crippen LogP contribution >= 0.6 is 0 Å². The zero-order chi connectivity index (χ0) is 14.1. The average molecular weight is 275 g/mol. The summed E-state index contributed by atoms with van der Waals surface area (Å²) < 4.78 is 19.3. The molecule has 0 saturated carbocycles. The Morgan fingerprint density at radius 3 is 2.75 bits per heavy atom. The molecule has 1 aliphatic rings. The zero-order valence-corrected chi connectivity index (χ0v) is 10.8. The summed E-state index contributed by atoms with van der Waals surface area (Å²) in [6, 6.07) is 9.99. The SMILES string of the molecule is O=C(O)C1CN(Cc2ccc(-c3ccccc3F)o2)C1. The summed E-state index contributed by atoms with van der Waals surface area (Å²) >= 11 is 0. The number of rotatable bonds is 4. The molecule has 1 N–H and O–H groups in total. The van der Waals surface area contributed by atoms with E-state index in [0.29, 0.717) is 36.7 Å². The number of nitrogens with zero attached hydrogens (tertiary/aromatic N) is 1. The second-order valence-corrected chi connectivity index (χ2v) is 4.98. The fraction of sp³-hybridized carbons (Fsp3) is 0.267. The molecule has 5 heteroatoms. The molecule has 0 spiro atoms. The Labute approximate surface area is 115 Å². The maximum absolute atomic E-state index is 13.6. The summed E-state index contributed by atoms with van der Waals surface area (Å²) in [5.74, 6) is -0.146. The molecule has 1 aliphatic heterocycles. The molecule has 2 heterocycles. The molecule has 0 radical (unpaired) electrons. The number of hydrogen-bond donors (Lipinski definition) is 1. The van der Waals surface area contributed by atoms with Crippen molar-refractivity contribution in [1.29, 1.82) is 0 Å². The van der Waals surface area contributed by atoms with Crippen LogP contribution in [-0.2, 0) is 11.3 Å². The molecule has 0 atom stereocenters. The number of carboxylic acids is 1. The minimum atomic E-state index is -0.757. The molecule has 20 heavy (non-hydrogen) atoms. The van der Waals surface area contributed by atoms with Crippen molar-refractivity contribution >= 4 is 5.97 Å². The Morgan fingerprint density at radius 1 is 1.30 bits per heavy atom. The van der Waals surface area contributed by atoms with E-state index < -0.39 is 5.97 Å². The van der Waals surface area contributed by atoms with Crippen LogP contribution in [0.2, 0.25) is 0 Å². The predicted molar refractivity (Wildman–Crippen MR) is 70.5 cm³/mol. The number of carboxylic acid groups (broad SMARTS) is 1. The first kappa shape index (κ1) is 12.9. The number of hydrogen-bond acceptors (Lipinski definition) is 3. The van der Waals surface area contributed by atoms with Gasteiger partial charge in [0.15, 0.2) is 0 Å². The van der Waals surface area contributed by atoms with Crippen molar-refractivity contribution in [1.82, 2.24) is 4.90 Å². The number of carbonyl (C=O) groups is 1. The molecule has 1 aromatic carbocycles. The Kier molecular flexibility index (Phi) is 3.28. The van der Waals surface area contributed by atoms with Gasteiger partial charge in [0, 0.05) is 13.1 Å². The lowest BCUT2D eigenvalue weighted by Crippen LogP contribution is -2.49. The maximum Gasteiger partial charge on any atom is 0.309 e. The number of aliphatic carboxylic acids is 1. The molecule has 104 valence electrons. The van der Waals surface area contributed by atoms with Crippen molar-refractivity contribution in [3.05, 3.63) is 48.0 Å². The lowest BCUT2D eigenvalue weighted by Gasteiger charge is -2.35. The lowest BCUT2D eigenvalue weighted by molar-refractivity contribution is -0.147. The molecule has 0 amide bonds. The van der Waals surface area contributed by atoms with Crippen LogP contribution < -0.4 is 0 Å². The van der Waals surface area contributed by atoms with Gasteiger partial charge in [-0.15, -0.1) is 0 Å². The van der Waals surface area contributed by atoms with Crippen molar-refractivity contribution in [2.45, 2.75) is 6.54 Å². The summed E-state index contributed by atoms with van der Waals surface area (Å²) in [5, 5.41) is 8.81. The minimum absolute atomic E-state index is 0.281. The minimum Gasteiger partial charge on any atom is -0.481 e. The van der Waals surface area contributed by atoms with E-state index in [1.165, 1.54) is 6.07 Å². The van der Waals surface area contributed by atoms with E-state index in [4.69, 9.17) is 9.52 Å². The predicted octanol–water partition coefficient (Wildman–Crippen LogP) is 2.60.